The molecular weight excluding hydrogens is 410 g/mol. The lowest BCUT2D eigenvalue weighted by atomic mass is 9.95. The van der Waals surface area contributed by atoms with Crippen LogP contribution in [0.4, 0.5) is 5.95 Å². The number of sulfonamides is 1. The van der Waals surface area contributed by atoms with Gasteiger partial charge in [-0.2, -0.15) is 14.6 Å². The number of nitrogens with zero attached hydrogens (tertiary/aromatic N) is 4. The molecule has 0 bridgehead atoms. The molecule has 2 N–H and O–H groups in total. The minimum atomic E-state index is -3.19. The summed E-state index contributed by atoms with van der Waals surface area (Å²) in [6, 6.07) is 2.20. The Hall–Kier alpha value is -2.00. The predicted molar refractivity (Wildman–Crippen MR) is 107 cm³/mol. The maximum Gasteiger partial charge on any atom is 0.226 e. The van der Waals surface area contributed by atoms with E-state index in [-0.39, 0.29) is 36.9 Å². The first-order valence-corrected chi connectivity index (χ1v) is 12.0. The van der Waals surface area contributed by atoms with Crippen molar-refractivity contribution in [1.82, 2.24) is 14.3 Å². The molecule has 0 spiro atoms. The molecule has 3 heterocycles. The number of rotatable bonds is 6. The second-order valence-corrected chi connectivity index (χ2v) is 10.5. The summed E-state index contributed by atoms with van der Waals surface area (Å²) < 4.78 is 36.7. The Labute approximate surface area is 176 Å². The quantitative estimate of drug-likeness (QED) is 0.643. The molecule has 1 aromatic rings. The van der Waals surface area contributed by atoms with E-state index in [1.54, 1.807) is 17.4 Å². The van der Waals surface area contributed by atoms with Gasteiger partial charge < -0.3 is 19.9 Å². The topological polar surface area (TPSA) is 138 Å². The molecule has 2 saturated heterocycles. The zero-order valence-electron chi connectivity index (χ0n) is 17.1. The molecular formula is C19H27N5O5S. The molecule has 1 saturated carbocycles. The third-order valence-electron chi connectivity index (χ3n) is 6.05. The van der Waals surface area contributed by atoms with Gasteiger partial charge in [-0.1, -0.05) is 0 Å². The molecule has 0 amide bonds. The molecule has 11 heteroatoms. The fourth-order valence-corrected chi connectivity index (χ4v) is 5.50. The van der Waals surface area contributed by atoms with Crippen LogP contribution in [-0.4, -0.2) is 77.6 Å². The van der Waals surface area contributed by atoms with Gasteiger partial charge in [-0.3, -0.25) is 0 Å². The summed E-state index contributed by atoms with van der Waals surface area (Å²) in [5, 5.41) is 23.0. The van der Waals surface area contributed by atoms with Crippen molar-refractivity contribution in [2.24, 2.45) is 5.92 Å². The highest BCUT2D eigenvalue weighted by atomic mass is 32.2. The zero-order chi connectivity index (χ0) is 21.5. The summed E-state index contributed by atoms with van der Waals surface area (Å²) in [6.07, 6.45) is 4.42. The fraction of sp³-hybridized carbons (Fsp3) is 0.737. The van der Waals surface area contributed by atoms with Crippen LogP contribution in [-0.2, 0) is 21.2 Å². The summed E-state index contributed by atoms with van der Waals surface area (Å²) in [7, 11) is -3.19. The summed E-state index contributed by atoms with van der Waals surface area (Å²) >= 11 is 0. The van der Waals surface area contributed by atoms with Crippen LogP contribution < -0.4 is 10.1 Å². The lowest BCUT2D eigenvalue weighted by Crippen LogP contribution is -2.51. The summed E-state index contributed by atoms with van der Waals surface area (Å²) in [5.41, 5.74) is -0.595. The van der Waals surface area contributed by atoms with E-state index in [9.17, 15) is 13.5 Å². The predicted octanol–water partition coefficient (Wildman–Crippen LogP) is 0.296. The molecule has 3 unspecified atom stereocenters. The monoisotopic (exact) mass is 437 g/mol. The second kappa shape index (κ2) is 7.92. The maximum atomic E-state index is 11.9. The van der Waals surface area contributed by atoms with Crippen LogP contribution in [0, 0.1) is 17.2 Å². The van der Waals surface area contributed by atoms with E-state index in [2.05, 4.69) is 21.4 Å². The standard InChI is InChI=1S/C19H27N5O5S/c1-19(25)11-28-8-5-16(19)29-17-12(3-6-20)10-21-18(23-17)22-14-4-7-24(30(2,26)27)15-9-13(14)15/h10,13-16,25H,3-5,7-9,11H2,1-2H3,(H,21,22,23)/t13?,14?,15?,16-,19+/m1/s1. The van der Waals surface area contributed by atoms with E-state index in [0.717, 1.165) is 6.42 Å². The minimum absolute atomic E-state index is 0.0390. The number of ether oxygens (including phenoxy) is 2. The lowest BCUT2D eigenvalue weighted by molar-refractivity contribution is -0.139. The molecule has 1 aromatic heterocycles. The summed E-state index contributed by atoms with van der Waals surface area (Å²) in [4.78, 5) is 8.82. The van der Waals surface area contributed by atoms with Gasteiger partial charge in [-0.05, 0) is 25.7 Å². The van der Waals surface area contributed by atoms with E-state index in [1.165, 1.54) is 6.26 Å². The van der Waals surface area contributed by atoms with Crippen LogP contribution >= 0.6 is 0 Å². The Bertz CT molecular complexity index is 947. The molecule has 2 aliphatic heterocycles. The highest BCUT2D eigenvalue weighted by molar-refractivity contribution is 7.88. The zero-order valence-corrected chi connectivity index (χ0v) is 17.9. The van der Waals surface area contributed by atoms with E-state index in [4.69, 9.17) is 14.7 Å². The maximum absolute atomic E-state index is 11.9. The first-order chi connectivity index (χ1) is 14.2. The molecule has 3 aliphatic rings. The number of hydrogen-bond acceptors (Lipinski definition) is 9. The molecule has 3 fully saturated rings. The molecule has 0 radical (unpaired) electrons. The number of hydrogen-bond donors (Lipinski definition) is 2. The van der Waals surface area contributed by atoms with Crippen molar-refractivity contribution < 1.29 is 23.0 Å². The third-order valence-corrected chi connectivity index (χ3v) is 7.36. The van der Waals surface area contributed by atoms with E-state index in [0.29, 0.717) is 37.5 Å². The van der Waals surface area contributed by atoms with Gasteiger partial charge in [0.25, 0.3) is 0 Å². The van der Waals surface area contributed by atoms with Crippen molar-refractivity contribution in [3.05, 3.63) is 11.8 Å². The van der Waals surface area contributed by atoms with E-state index in [1.807, 2.05) is 0 Å². The fourth-order valence-electron chi connectivity index (χ4n) is 4.33. The average Bonchev–Trinajstić information content (AvgIpc) is 3.46. The summed E-state index contributed by atoms with van der Waals surface area (Å²) in [6.45, 7) is 2.78. The van der Waals surface area contributed by atoms with Gasteiger partial charge in [0.2, 0.25) is 21.9 Å². The average molecular weight is 438 g/mol. The van der Waals surface area contributed by atoms with Crippen LogP contribution in [0.1, 0.15) is 31.7 Å². The Morgan fingerprint density at radius 1 is 1.50 bits per heavy atom. The van der Waals surface area contributed by atoms with Crippen LogP contribution in [0.3, 0.4) is 0 Å². The molecule has 4 rings (SSSR count). The van der Waals surface area contributed by atoms with Gasteiger partial charge >= 0.3 is 0 Å². The summed E-state index contributed by atoms with van der Waals surface area (Å²) in [5.74, 6) is 0.889. The highest BCUT2D eigenvalue weighted by Gasteiger charge is 2.52. The molecule has 164 valence electrons. The van der Waals surface area contributed by atoms with Gasteiger partial charge in [0.15, 0.2) is 0 Å². The number of nitriles is 1. The highest BCUT2D eigenvalue weighted by Crippen LogP contribution is 2.45. The number of fused-ring (bicyclic) bond motifs is 1. The molecule has 10 nitrogen and oxygen atoms in total. The van der Waals surface area contributed by atoms with Gasteiger partial charge in [0, 0.05) is 36.8 Å². The molecule has 30 heavy (non-hydrogen) atoms. The Kier molecular flexibility index (Phi) is 5.61. The normalized spacial score (nSPS) is 33.9. The van der Waals surface area contributed by atoms with Crippen molar-refractivity contribution in [2.45, 2.75) is 56.4 Å². The van der Waals surface area contributed by atoms with Crippen molar-refractivity contribution in [3.63, 3.8) is 0 Å². The smallest absolute Gasteiger partial charge is 0.226 e. The van der Waals surface area contributed by atoms with Crippen LogP contribution in [0.5, 0.6) is 5.88 Å². The van der Waals surface area contributed by atoms with Crippen molar-refractivity contribution in [3.8, 4) is 11.9 Å². The first kappa shape index (κ1) is 21.2. The van der Waals surface area contributed by atoms with Crippen molar-refractivity contribution in [2.75, 3.05) is 31.3 Å². The van der Waals surface area contributed by atoms with Crippen LogP contribution in [0.25, 0.3) is 0 Å². The van der Waals surface area contributed by atoms with Crippen molar-refractivity contribution in [1.29, 1.82) is 5.26 Å². The number of aromatic nitrogens is 2. The minimum Gasteiger partial charge on any atom is -0.471 e. The second-order valence-electron chi connectivity index (χ2n) is 8.54. The van der Waals surface area contributed by atoms with Gasteiger partial charge in [0.05, 0.1) is 32.0 Å². The number of anilines is 1. The Balaban J connectivity index is 1.49. The van der Waals surface area contributed by atoms with Gasteiger partial charge in [-0.25, -0.2) is 13.4 Å². The van der Waals surface area contributed by atoms with Crippen LogP contribution in [0.15, 0.2) is 6.20 Å². The number of nitrogens with one attached hydrogen (secondary N) is 1. The number of aliphatic hydroxyl groups is 1. The Morgan fingerprint density at radius 3 is 3.00 bits per heavy atom. The van der Waals surface area contributed by atoms with E-state index < -0.39 is 21.7 Å². The number of piperidine rings is 1. The molecule has 0 aromatic carbocycles. The largest absolute Gasteiger partial charge is 0.471 e. The van der Waals surface area contributed by atoms with Gasteiger partial charge in [0.1, 0.15) is 11.7 Å². The first-order valence-electron chi connectivity index (χ1n) is 10.1. The SMILES string of the molecule is C[C@]1(O)COCC[C@H]1Oc1nc(NC2CCN(S(C)(=O)=O)C3CC23)ncc1CC#N. The van der Waals surface area contributed by atoms with Gasteiger partial charge in [-0.15, -0.1) is 0 Å². The van der Waals surface area contributed by atoms with Crippen LogP contribution in [0.2, 0.25) is 0 Å². The third kappa shape index (κ3) is 4.37. The molecule has 1 aliphatic carbocycles. The Morgan fingerprint density at radius 2 is 2.30 bits per heavy atom. The van der Waals surface area contributed by atoms with E-state index >= 15 is 0 Å². The van der Waals surface area contributed by atoms with Crippen molar-refractivity contribution >= 4 is 16.0 Å². The molecule has 5 atom stereocenters. The lowest BCUT2D eigenvalue weighted by Gasteiger charge is -2.36.